The molecule has 0 radical (unpaired) electrons. The number of nitrogens with zero attached hydrogens (tertiary/aromatic N) is 4. The standard InChI is InChI=1S/C19H25N5.C2H4.CH5N/c1-13(12-24-15(3)9-14(2)23-24)18-10-21-11-19(18)22-16(4)17-5-7-20-8-6-17;2*1-2/h5-9,13,21H,10-12H2,1-4H3;1-2H2;2H2,1H3. The minimum Gasteiger partial charge on any atom is -0.333 e. The molecule has 0 amide bonds. The Balaban J connectivity index is 0.000000921. The monoisotopic (exact) mass is 382 g/mol. The van der Waals surface area contributed by atoms with E-state index in [9.17, 15) is 0 Å². The molecule has 1 atom stereocenters. The maximum absolute atomic E-state index is 4.89. The van der Waals surface area contributed by atoms with Crippen molar-refractivity contribution in [3.8, 4) is 0 Å². The Labute approximate surface area is 169 Å². The highest BCUT2D eigenvalue weighted by Crippen LogP contribution is 2.22. The quantitative estimate of drug-likeness (QED) is 0.614. The van der Waals surface area contributed by atoms with Gasteiger partial charge in [-0.3, -0.25) is 14.7 Å². The molecule has 2 aromatic rings. The average molecular weight is 383 g/mol. The van der Waals surface area contributed by atoms with Crippen LogP contribution in [0.3, 0.4) is 0 Å². The highest BCUT2D eigenvalue weighted by molar-refractivity contribution is 5.99. The van der Waals surface area contributed by atoms with E-state index in [-0.39, 0.29) is 0 Å². The molecule has 1 unspecified atom stereocenters. The Morgan fingerprint density at radius 1 is 1.25 bits per heavy atom. The molecule has 1 aliphatic rings. The molecule has 0 aliphatic carbocycles. The lowest BCUT2D eigenvalue weighted by Gasteiger charge is -2.15. The zero-order valence-electron chi connectivity index (χ0n) is 17.9. The summed E-state index contributed by atoms with van der Waals surface area (Å²) in [6, 6.07) is 6.13. The van der Waals surface area contributed by atoms with Crippen LogP contribution in [0.1, 0.15) is 30.8 Å². The van der Waals surface area contributed by atoms with Crippen LogP contribution < -0.4 is 11.1 Å². The summed E-state index contributed by atoms with van der Waals surface area (Å²) in [6.45, 7) is 17.1. The van der Waals surface area contributed by atoms with Gasteiger partial charge in [0, 0.05) is 49.4 Å². The second-order valence-electron chi connectivity index (χ2n) is 6.52. The third-order valence-corrected chi connectivity index (χ3v) is 4.52. The Morgan fingerprint density at radius 2 is 1.89 bits per heavy atom. The highest BCUT2D eigenvalue weighted by atomic mass is 15.3. The molecule has 0 fully saturated rings. The molecule has 1 aliphatic heterocycles. The molecule has 0 spiro atoms. The number of aromatic nitrogens is 3. The third kappa shape index (κ3) is 6.25. The van der Waals surface area contributed by atoms with Crippen molar-refractivity contribution < 1.29 is 0 Å². The van der Waals surface area contributed by atoms with Crippen LogP contribution in [0, 0.1) is 19.8 Å². The molecular weight excluding hydrogens is 348 g/mol. The summed E-state index contributed by atoms with van der Waals surface area (Å²) in [4.78, 5) is 8.97. The Hall–Kier alpha value is -2.57. The molecule has 3 heterocycles. The molecule has 28 heavy (non-hydrogen) atoms. The van der Waals surface area contributed by atoms with E-state index in [1.165, 1.54) is 24.0 Å². The number of nitrogens with two attached hydrogens (primary N) is 1. The van der Waals surface area contributed by atoms with E-state index in [2.05, 4.69) is 65.8 Å². The van der Waals surface area contributed by atoms with E-state index < -0.39 is 0 Å². The van der Waals surface area contributed by atoms with E-state index in [0.717, 1.165) is 36.6 Å². The number of rotatable bonds is 5. The van der Waals surface area contributed by atoms with Gasteiger partial charge < -0.3 is 11.1 Å². The lowest BCUT2D eigenvalue weighted by Crippen LogP contribution is -2.16. The first-order chi connectivity index (χ1) is 13.5. The summed E-state index contributed by atoms with van der Waals surface area (Å²) in [5.41, 5.74) is 11.5. The van der Waals surface area contributed by atoms with Gasteiger partial charge in [0.15, 0.2) is 0 Å². The van der Waals surface area contributed by atoms with Crippen LogP contribution in [0.5, 0.6) is 0 Å². The van der Waals surface area contributed by atoms with Crippen molar-refractivity contribution in [2.75, 3.05) is 20.1 Å². The number of nitrogens with one attached hydrogen (secondary N) is 1. The summed E-state index contributed by atoms with van der Waals surface area (Å²) in [6.07, 6.45) is 3.62. The maximum atomic E-state index is 4.89. The zero-order valence-corrected chi connectivity index (χ0v) is 17.9. The largest absolute Gasteiger partial charge is 0.333 e. The van der Waals surface area contributed by atoms with Crippen molar-refractivity contribution in [3.63, 3.8) is 0 Å². The van der Waals surface area contributed by atoms with Gasteiger partial charge >= 0.3 is 0 Å². The van der Waals surface area contributed by atoms with Gasteiger partial charge in [0.25, 0.3) is 0 Å². The topological polar surface area (TPSA) is 81.1 Å². The molecule has 152 valence electrons. The van der Waals surface area contributed by atoms with Crippen LogP contribution in [0.25, 0.3) is 0 Å². The van der Waals surface area contributed by atoms with Crippen molar-refractivity contribution in [1.82, 2.24) is 20.1 Å². The number of hydrogen-bond acceptors (Lipinski definition) is 5. The summed E-state index contributed by atoms with van der Waals surface area (Å²) in [5, 5.41) is 8.03. The third-order valence-electron chi connectivity index (χ3n) is 4.52. The predicted octanol–water partition coefficient (Wildman–Crippen LogP) is 3.27. The summed E-state index contributed by atoms with van der Waals surface area (Å²) >= 11 is 0. The molecule has 2 aromatic heterocycles. The van der Waals surface area contributed by atoms with E-state index in [1.807, 2.05) is 31.5 Å². The lowest BCUT2D eigenvalue weighted by atomic mass is 10.0. The number of aliphatic imine (C=N–C) groups is 1. The number of hydrogen-bond donors (Lipinski definition) is 2. The van der Waals surface area contributed by atoms with E-state index >= 15 is 0 Å². The van der Waals surface area contributed by atoms with Gasteiger partial charge in [0.2, 0.25) is 0 Å². The molecule has 0 saturated heterocycles. The van der Waals surface area contributed by atoms with Gasteiger partial charge in [-0.05, 0) is 57.2 Å². The van der Waals surface area contributed by atoms with E-state index in [4.69, 9.17) is 4.99 Å². The van der Waals surface area contributed by atoms with Crippen molar-refractivity contribution >= 4 is 5.71 Å². The summed E-state index contributed by atoms with van der Waals surface area (Å²) < 4.78 is 2.10. The van der Waals surface area contributed by atoms with Crippen LogP contribution in [0.2, 0.25) is 0 Å². The first kappa shape index (κ1) is 23.5. The van der Waals surface area contributed by atoms with Gasteiger partial charge in [-0.1, -0.05) is 6.92 Å². The second kappa shape index (κ2) is 12.0. The minimum absolute atomic E-state index is 0.405. The fourth-order valence-electron chi connectivity index (χ4n) is 3.19. The van der Waals surface area contributed by atoms with Crippen molar-refractivity contribution in [2.45, 2.75) is 34.2 Å². The normalized spacial score (nSPS) is 14.7. The summed E-state index contributed by atoms with van der Waals surface area (Å²) in [7, 11) is 1.50. The van der Waals surface area contributed by atoms with E-state index in [1.54, 1.807) is 0 Å². The Kier molecular flexibility index (Phi) is 10.1. The maximum Gasteiger partial charge on any atom is 0.0596 e. The van der Waals surface area contributed by atoms with Crippen LogP contribution in [-0.2, 0) is 6.54 Å². The van der Waals surface area contributed by atoms with Crippen LogP contribution in [0.4, 0.5) is 0 Å². The van der Waals surface area contributed by atoms with Gasteiger partial charge in [-0.25, -0.2) is 0 Å². The van der Waals surface area contributed by atoms with Crippen LogP contribution >= 0.6 is 0 Å². The fourth-order valence-corrected chi connectivity index (χ4v) is 3.19. The van der Waals surface area contributed by atoms with Crippen molar-refractivity contribution in [3.05, 3.63) is 72.0 Å². The minimum atomic E-state index is 0.405. The molecule has 0 bridgehead atoms. The fraction of sp³-hybridized carbons (Fsp3) is 0.409. The average Bonchev–Trinajstić information content (AvgIpc) is 3.31. The van der Waals surface area contributed by atoms with Gasteiger partial charge in [-0.15, -0.1) is 13.2 Å². The summed E-state index contributed by atoms with van der Waals surface area (Å²) in [5.74, 6) is 0.405. The van der Waals surface area contributed by atoms with Crippen molar-refractivity contribution in [1.29, 1.82) is 0 Å². The van der Waals surface area contributed by atoms with Gasteiger partial charge in [0.1, 0.15) is 0 Å². The van der Waals surface area contributed by atoms with Crippen LogP contribution in [0.15, 0.2) is 60.0 Å². The Morgan fingerprint density at radius 3 is 2.46 bits per heavy atom. The first-order valence-corrected chi connectivity index (χ1v) is 9.51. The highest BCUT2D eigenvalue weighted by Gasteiger charge is 2.20. The van der Waals surface area contributed by atoms with Crippen molar-refractivity contribution in [2.24, 2.45) is 16.6 Å². The Bertz CT molecular complexity index is 789. The molecule has 3 rings (SSSR count). The van der Waals surface area contributed by atoms with Crippen LogP contribution in [-0.4, -0.2) is 40.6 Å². The second-order valence-corrected chi connectivity index (χ2v) is 6.52. The lowest BCUT2D eigenvalue weighted by molar-refractivity contribution is 0.484. The smallest absolute Gasteiger partial charge is 0.0596 e. The SMILES string of the molecule is C=C.CC(=NC1=C(C(C)Cn2nc(C)cc2C)CNC1)c1ccncc1.CN. The molecular formula is C22H34N6. The van der Waals surface area contributed by atoms with E-state index in [0.29, 0.717) is 5.92 Å². The molecule has 0 saturated carbocycles. The predicted molar refractivity (Wildman–Crippen MR) is 119 cm³/mol. The molecule has 6 nitrogen and oxygen atoms in total. The zero-order chi connectivity index (χ0) is 21.1. The number of pyridine rings is 1. The molecule has 3 N–H and O–H groups in total. The molecule has 6 heteroatoms. The van der Waals surface area contributed by atoms with Gasteiger partial charge in [-0.2, -0.15) is 5.10 Å². The number of aryl methyl sites for hydroxylation is 2. The first-order valence-electron chi connectivity index (χ1n) is 9.51. The molecule has 0 aromatic carbocycles. The van der Waals surface area contributed by atoms with Gasteiger partial charge in [0.05, 0.1) is 11.4 Å².